The van der Waals surface area contributed by atoms with E-state index in [0.29, 0.717) is 12.5 Å². The van der Waals surface area contributed by atoms with Gasteiger partial charge in [-0.2, -0.15) is 26.3 Å². The summed E-state index contributed by atoms with van der Waals surface area (Å²) in [6.07, 6.45) is -9.47. The Labute approximate surface area is 135 Å². The van der Waals surface area contributed by atoms with Crippen molar-refractivity contribution < 1.29 is 31.1 Å². The first-order valence-corrected chi connectivity index (χ1v) is 6.34. The van der Waals surface area contributed by atoms with Crippen molar-refractivity contribution in [2.75, 3.05) is 13.7 Å². The van der Waals surface area contributed by atoms with E-state index >= 15 is 0 Å². The molecule has 1 aromatic carbocycles. The lowest BCUT2D eigenvalue weighted by atomic mass is 9.93. The van der Waals surface area contributed by atoms with Crippen LogP contribution in [0.2, 0.25) is 0 Å². The Bertz CT molecular complexity index is 518. The van der Waals surface area contributed by atoms with Crippen LogP contribution in [0.5, 0.6) is 5.75 Å². The van der Waals surface area contributed by atoms with Gasteiger partial charge in [-0.1, -0.05) is 0 Å². The van der Waals surface area contributed by atoms with Crippen LogP contribution in [0.1, 0.15) is 35.6 Å². The highest BCUT2D eigenvalue weighted by atomic mass is 35.5. The van der Waals surface area contributed by atoms with Gasteiger partial charge in [0.25, 0.3) is 0 Å². The van der Waals surface area contributed by atoms with E-state index in [1.165, 1.54) is 0 Å². The van der Waals surface area contributed by atoms with Gasteiger partial charge in [0.05, 0.1) is 18.2 Å². The van der Waals surface area contributed by atoms with Crippen LogP contribution in [0.3, 0.4) is 0 Å². The first kappa shape index (κ1) is 21.8. The Kier molecular flexibility index (Phi) is 7.65. The molecular formula is C13H17ClF6N2O. The van der Waals surface area contributed by atoms with Crippen LogP contribution in [-0.4, -0.2) is 13.7 Å². The highest BCUT2D eigenvalue weighted by molar-refractivity contribution is 5.85. The number of ether oxygens (including phenoxy) is 1. The van der Waals surface area contributed by atoms with Gasteiger partial charge in [-0.25, -0.2) is 0 Å². The summed E-state index contributed by atoms with van der Waals surface area (Å²) in [5, 5.41) is 0. The van der Waals surface area contributed by atoms with Crippen molar-refractivity contribution in [3.8, 4) is 5.75 Å². The predicted octanol–water partition coefficient (Wildman–Crippen LogP) is 3.89. The number of rotatable bonds is 5. The molecule has 134 valence electrons. The molecule has 23 heavy (non-hydrogen) atoms. The van der Waals surface area contributed by atoms with E-state index in [2.05, 4.69) is 0 Å². The minimum Gasteiger partial charge on any atom is -0.496 e. The summed E-state index contributed by atoms with van der Waals surface area (Å²) < 4.78 is 82.3. The van der Waals surface area contributed by atoms with Gasteiger partial charge in [-0.05, 0) is 31.5 Å². The maximum Gasteiger partial charge on any atom is 0.416 e. The topological polar surface area (TPSA) is 61.3 Å². The van der Waals surface area contributed by atoms with Gasteiger partial charge in [0.1, 0.15) is 5.75 Å². The average Bonchev–Trinajstić information content (AvgIpc) is 2.41. The van der Waals surface area contributed by atoms with Gasteiger partial charge < -0.3 is 16.2 Å². The molecule has 1 aromatic rings. The summed E-state index contributed by atoms with van der Waals surface area (Å²) in [7, 11) is 0.995. The number of benzene rings is 1. The molecule has 0 saturated heterocycles. The Hall–Kier alpha value is -1.19. The summed E-state index contributed by atoms with van der Waals surface area (Å²) in [5.41, 5.74) is 7.60. The van der Waals surface area contributed by atoms with Crippen molar-refractivity contribution in [3.05, 3.63) is 28.8 Å². The lowest BCUT2D eigenvalue weighted by molar-refractivity contribution is -0.143. The van der Waals surface area contributed by atoms with Crippen LogP contribution in [0.25, 0.3) is 0 Å². The number of nitrogens with two attached hydrogens (primary N) is 2. The van der Waals surface area contributed by atoms with E-state index in [1.54, 1.807) is 0 Å². The molecule has 0 heterocycles. The van der Waals surface area contributed by atoms with E-state index < -0.39 is 40.8 Å². The van der Waals surface area contributed by atoms with Gasteiger partial charge >= 0.3 is 12.4 Å². The number of hydrogen-bond acceptors (Lipinski definition) is 3. The Morgan fingerprint density at radius 3 is 2.04 bits per heavy atom. The third-order valence-electron chi connectivity index (χ3n) is 3.08. The van der Waals surface area contributed by atoms with Gasteiger partial charge in [-0.15, -0.1) is 12.4 Å². The first-order valence-electron chi connectivity index (χ1n) is 6.34. The number of alkyl halides is 6. The third-order valence-corrected chi connectivity index (χ3v) is 3.08. The third kappa shape index (κ3) is 5.43. The molecule has 0 amide bonds. The minimum absolute atomic E-state index is 0. The Morgan fingerprint density at radius 1 is 1.09 bits per heavy atom. The van der Waals surface area contributed by atoms with Crippen molar-refractivity contribution in [3.63, 3.8) is 0 Å². The molecule has 0 aromatic heterocycles. The molecular weight excluding hydrogens is 350 g/mol. The molecule has 0 saturated carbocycles. The summed E-state index contributed by atoms with van der Waals surface area (Å²) in [6.45, 7) is 0.206. The van der Waals surface area contributed by atoms with Crippen molar-refractivity contribution in [1.82, 2.24) is 0 Å². The predicted molar refractivity (Wildman–Crippen MR) is 75.5 cm³/mol. The summed E-state index contributed by atoms with van der Waals surface area (Å²) in [4.78, 5) is 0. The average molecular weight is 367 g/mol. The molecule has 4 N–H and O–H groups in total. The molecule has 1 rings (SSSR count). The highest BCUT2D eigenvalue weighted by Crippen LogP contribution is 2.43. The number of halogens is 7. The van der Waals surface area contributed by atoms with Crippen LogP contribution in [-0.2, 0) is 12.4 Å². The van der Waals surface area contributed by atoms with Crippen LogP contribution in [0.15, 0.2) is 12.1 Å². The normalized spacial score (nSPS) is 13.4. The molecule has 1 atom stereocenters. The minimum atomic E-state index is -4.98. The zero-order chi connectivity index (χ0) is 17.1. The Balaban J connectivity index is 0.00000484. The van der Waals surface area contributed by atoms with E-state index in [4.69, 9.17) is 16.2 Å². The molecule has 0 radical (unpaired) electrons. The molecule has 0 spiro atoms. The van der Waals surface area contributed by atoms with Crippen LogP contribution in [0.4, 0.5) is 26.3 Å². The number of hydrogen-bond donors (Lipinski definition) is 2. The molecule has 0 aliphatic rings. The largest absolute Gasteiger partial charge is 0.496 e. The molecule has 0 fully saturated rings. The molecule has 0 bridgehead atoms. The lowest BCUT2D eigenvalue weighted by Gasteiger charge is -2.23. The number of methoxy groups -OCH3 is 1. The summed E-state index contributed by atoms with van der Waals surface area (Å²) in [6, 6.07) is -0.551. The fourth-order valence-corrected chi connectivity index (χ4v) is 2.06. The summed E-state index contributed by atoms with van der Waals surface area (Å²) >= 11 is 0. The Morgan fingerprint density at radius 2 is 1.65 bits per heavy atom. The van der Waals surface area contributed by atoms with Gasteiger partial charge in [0, 0.05) is 11.6 Å². The second kappa shape index (κ2) is 8.07. The lowest BCUT2D eigenvalue weighted by Crippen LogP contribution is -2.21. The fourth-order valence-electron chi connectivity index (χ4n) is 2.06. The second-order valence-corrected chi connectivity index (χ2v) is 4.67. The van der Waals surface area contributed by atoms with Crippen LogP contribution >= 0.6 is 12.4 Å². The molecule has 0 aliphatic carbocycles. The van der Waals surface area contributed by atoms with E-state index in [1.807, 2.05) is 0 Å². The van der Waals surface area contributed by atoms with E-state index in [0.717, 1.165) is 7.11 Å². The standard InChI is InChI=1S/C13H16F6N2O.ClH/c1-22-10-6-7(12(14,15)16)5-8(13(17,18)19)11(10)9(21)3-2-4-20;/h5-6,9H,2-4,20-21H2,1H3;1H/t9-;/m0./s1. The highest BCUT2D eigenvalue weighted by Gasteiger charge is 2.40. The van der Waals surface area contributed by atoms with Gasteiger partial charge in [0.2, 0.25) is 0 Å². The molecule has 10 heteroatoms. The smallest absolute Gasteiger partial charge is 0.416 e. The zero-order valence-corrected chi connectivity index (χ0v) is 12.9. The van der Waals surface area contributed by atoms with Crippen molar-refractivity contribution in [1.29, 1.82) is 0 Å². The van der Waals surface area contributed by atoms with E-state index in [9.17, 15) is 26.3 Å². The first-order chi connectivity index (χ1) is 10.0. The van der Waals surface area contributed by atoms with Gasteiger partial charge in [0.15, 0.2) is 0 Å². The maximum atomic E-state index is 13.1. The van der Waals surface area contributed by atoms with Crippen molar-refractivity contribution in [2.24, 2.45) is 11.5 Å². The fraction of sp³-hybridized carbons (Fsp3) is 0.538. The zero-order valence-electron chi connectivity index (χ0n) is 12.1. The molecule has 3 nitrogen and oxygen atoms in total. The SMILES string of the molecule is COc1cc(C(F)(F)F)cc(C(F)(F)F)c1[C@@H](N)CCCN.Cl. The summed E-state index contributed by atoms with van der Waals surface area (Å²) in [5.74, 6) is -0.535. The van der Waals surface area contributed by atoms with Crippen LogP contribution < -0.4 is 16.2 Å². The maximum absolute atomic E-state index is 13.1. The van der Waals surface area contributed by atoms with Crippen LogP contribution in [0, 0.1) is 0 Å². The van der Waals surface area contributed by atoms with Crippen molar-refractivity contribution >= 4 is 12.4 Å². The van der Waals surface area contributed by atoms with Gasteiger partial charge in [-0.3, -0.25) is 0 Å². The van der Waals surface area contributed by atoms with Crippen molar-refractivity contribution in [2.45, 2.75) is 31.2 Å². The van der Waals surface area contributed by atoms with E-state index in [-0.39, 0.29) is 31.4 Å². The quantitative estimate of drug-likeness (QED) is 0.777. The monoisotopic (exact) mass is 366 g/mol. The molecule has 0 unspecified atom stereocenters. The second-order valence-electron chi connectivity index (χ2n) is 4.67. The molecule has 0 aliphatic heterocycles.